The van der Waals surface area contributed by atoms with Crippen molar-refractivity contribution in [2.24, 2.45) is 0 Å². The Hall–Kier alpha value is -1.40. The zero-order valence-electron chi connectivity index (χ0n) is 10.9. The van der Waals surface area contributed by atoms with Gasteiger partial charge < -0.3 is 9.84 Å². The lowest BCUT2D eigenvalue weighted by molar-refractivity contribution is 0.202. The van der Waals surface area contributed by atoms with E-state index in [1.807, 2.05) is 18.2 Å². The number of hydrogen-bond acceptors (Lipinski definition) is 4. The van der Waals surface area contributed by atoms with Crippen LogP contribution in [0.15, 0.2) is 28.9 Å². The fourth-order valence-electron chi connectivity index (χ4n) is 1.93. The maximum Gasteiger partial charge on any atom is 0.126 e. The molecule has 0 radical (unpaired) electrons. The molecule has 1 N–H and O–H groups in total. The van der Waals surface area contributed by atoms with E-state index in [1.165, 1.54) is 0 Å². The van der Waals surface area contributed by atoms with E-state index in [2.05, 4.69) is 33.2 Å². The van der Waals surface area contributed by atoms with Crippen molar-refractivity contribution in [3.63, 3.8) is 0 Å². The minimum atomic E-state index is -0.801. The fraction of sp³-hybridized carbons (Fsp3) is 0.385. The van der Waals surface area contributed by atoms with Crippen molar-refractivity contribution >= 4 is 15.9 Å². The van der Waals surface area contributed by atoms with E-state index in [0.717, 1.165) is 17.4 Å². The summed E-state index contributed by atoms with van der Waals surface area (Å²) in [4.78, 5) is 0. The molecule has 102 valence electrons. The van der Waals surface area contributed by atoms with E-state index in [9.17, 15) is 5.11 Å². The Morgan fingerprint density at radius 2 is 2.26 bits per heavy atom. The van der Waals surface area contributed by atoms with Crippen molar-refractivity contribution in [1.29, 1.82) is 0 Å². The molecular formula is C13H16BrN3O2. The summed E-state index contributed by atoms with van der Waals surface area (Å²) in [7, 11) is 1.58. The summed E-state index contributed by atoms with van der Waals surface area (Å²) in [5, 5.41) is 18.3. The molecule has 0 fully saturated rings. The lowest BCUT2D eigenvalue weighted by atomic mass is 10.1. The zero-order chi connectivity index (χ0) is 13.8. The number of aliphatic hydroxyl groups is 1. The molecule has 1 unspecified atom stereocenters. The summed E-state index contributed by atoms with van der Waals surface area (Å²) >= 11 is 3.38. The van der Waals surface area contributed by atoms with E-state index in [0.29, 0.717) is 17.0 Å². The number of nitrogens with zero attached hydrogens (tertiary/aromatic N) is 3. The molecule has 1 heterocycles. The molecule has 1 aromatic heterocycles. The predicted octanol–water partition coefficient (Wildman–Crippen LogP) is 2.54. The predicted molar refractivity (Wildman–Crippen MR) is 75.1 cm³/mol. The highest BCUT2D eigenvalue weighted by Gasteiger charge is 2.20. The molecule has 2 aromatic rings. The summed E-state index contributed by atoms with van der Waals surface area (Å²) in [6.45, 7) is 2.78. The van der Waals surface area contributed by atoms with Gasteiger partial charge in [0.15, 0.2) is 0 Å². The van der Waals surface area contributed by atoms with Crippen LogP contribution in [0.5, 0.6) is 5.75 Å². The minimum absolute atomic E-state index is 0.631. The first kappa shape index (κ1) is 14.0. The molecule has 0 saturated heterocycles. The van der Waals surface area contributed by atoms with Gasteiger partial charge >= 0.3 is 0 Å². The molecule has 0 aliphatic heterocycles. The van der Waals surface area contributed by atoms with Crippen LogP contribution in [-0.2, 0) is 6.54 Å². The van der Waals surface area contributed by atoms with Crippen molar-refractivity contribution in [2.45, 2.75) is 26.0 Å². The molecule has 0 aliphatic rings. The van der Waals surface area contributed by atoms with Crippen molar-refractivity contribution in [1.82, 2.24) is 15.0 Å². The Balaban J connectivity index is 2.38. The standard InChI is InChI=1S/C13H16BrN3O2/c1-3-6-17-11(8-15-16-17)13(18)10-5-4-9(14)7-12(10)19-2/h4-5,7-8,13,18H,3,6H2,1-2H3. The number of benzene rings is 1. The number of methoxy groups -OCH3 is 1. The monoisotopic (exact) mass is 325 g/mol. The van der Waals surface area contributed by atoms with Crippen LogP contribution >= 0.6 is 15.9 Å². The second-order valence-corrected chi connectivity index (χ2v) is 5.09. The second kappa shape index (κ2) is 6.16. The molecule has 19 heavy (non-hydrogen) atoms. The van der Waals surface area contributed by atoms with Gasteiger partial charge in [0.05, 0.1) is 19.0 Å². The fourth-order valence-corrected chi connectivity index (χ4v) is 2.27. The largest absolute Gasteiger partial charge is 0.496 e. The van der Waals surface area contributed by atoms with Crippen molar-refractivity contribution in [3.05, 3.63) is 40.1 Å². The molecular weight excluding hydrogens is 310 g/mol. The summed E-state index contributed by atoms with van der Waals surface area (Å²) in [6.07, 6.45) is 1.71. The lowest BCUT2D eigenvalue weighted by Crippen LogP contribution is -2.11. The van der Waals surface area contributed by atoms with Crippen molar-refractivity contribution in [2.75, 3.05) is 7.11 Å². The summed E-state index contributed by atoms with van der Waals surface area (Å²) < 4.78 is 7.92. The average Bonchev–Trinajstić information content (AvgIpc) is 2.86. The van der Waals surface area contributed by atoms with Crippen molar-refractivity contribution < 1.29 is 9.84 Å². The highest BCUT2D eigenvalue weighted by atomic mass is 79.9. The van der Waals surface area contributed by atoms with Crippen LogP contribution in [0.4, 0.5) is 0 Å². The summed E-state index contributed by atoms with van der Waals surface area (Å²) in [5.74, 6) is 0.631. The normalized spacial score (nSPS) is 12.4. The maximum absolute atomic E-state index is 10.5. The number of aliphatic hydroxyl groups excluding tert-OH is 1. The van der Waals surface area contributed by atoms with Gasteiger partial charge in [0.1, 0.15) is 11.9 Å². The SMILES string of the molecule is CCCn1nncc1C(O)c1ccc(Br)cc1OC. The van der Waals surface area contributed by atoms with Crippen LogP contribution in [0.2, 0.25) is 0 Å². The van der Waals surface area contributed by atoms with Crippen LogP contribution in [0.1, 0.15) is 30.7 Å². The molecule has 0 amide bonds. The third-order valence-corrected chi connectivity index (χ3v) is 3.35. The first-order chi connectivity index (χ1) is 9.17. The lowest BCUT2D eigenvalue weighted by Gasteiger charge is -2.15. The number of ether oxygens (including phenoxy) is 1. The van der Waals surface area contributed by atoms with Gasteiger partial charge in [0, 0.05) is 16.6 Å². The number of aryl methyl sites for hydroxylation is 1. The van der Waals surface area contributed by atoms with Crippen LogP contribution in [0.3, 0.4) is 0 Å². The highest BCUT2D eigenvalue weighted by Crippen LogP contribution is 2.31. The Labute approximate surface area is 120 Å². The molecule has 0 saturated carbocycles. The summed E-state index contributed by atoms with van der Waals surface area (Å²) in [6, 6.07) is 5.53. The minimum Gasteiger partial charge on any atom is -0.496 e. The highest BCUT2D eigenvalue weighted by molar-refractivity contribution is 9.10. The Morgan fingerprint density at radius 3 is 2.95 bits per heavy atom. The van der Waals surface area contributed by atoms with Crippen molar-refractivity contribution in [3.8, 4) is 5.75 Å². The number of rotatable bonds is 5. The first-order valence-corrected chi connectivity index (χ1v) is 6.86. The zero-order valence-corrected chi connectivity index (χ0v) is 12.5. The van der Waals surface area contributed by atoms with Gasteiger partial charge in [-0.25, -0.2) is 4.68 Å². The van der Waals surface area contributed by atoms with E-state index in [1.54, 1.807) is 18.0 Å². The topological polar surface area (TPSA) is 60.2 Å². The molecule has 1 atom stereocenters. The molecule has 0 aliphatic carbocycles. The molecule has 6 heteroatoms. The van der Waals surface area contributed by atoms with Gasteiger partial charge in [-0.1, -0.05) is 34.1 Å². The van der Waals surface area contributed by atoms with E-state index in [4.69, 9.17) is 4.74 Å². The first-order valence-electron chi connectivity index (χ1n) is 6.07. The number of aromatic nitrogens is 3. The van der Waals surface area contributed by atoms with Gasteiger partial charge in [0.25, 0.3) is 0 Å². The van der Waals surface area contributed by atoms with Crippen LogP contribution in [0, 0.1) is 0 Å². The van der Waals surface area contributed by atoms with Crippen LogP contribution < -0.4 is 4.74 Å². The average molecular weight is 326 g/mol. The van der Waals surface area contributed by atoms with Crippen LogP contribution in [-0.4, -0.2) is 27.2 Å². The van der Waals surface area contributed by atoms with E-state index >= 15 is 0 Å². The Bertz CT molecular complexity index is 557. The third kappa shape index (κ3) is 2.96. The van der Waals surface area contributed by atoms with Gasteiger partial charge in [-0.3, -0.25) is 0 Å². The maximum atomic E-state index is 10.5. The summed E-state index contributed by atoms with van der Waals surface area (Å²) in [5.41, 5.74) is 1.37. The van der Waals surface area contributed by atoms with E-state index < -0.39 is 6.10 Å². The number of hydrogen-bond donors (Lipinski definition) is 1. The molecule has 2 rings (SSSR count). The Kier molecular flexibility index (Phi) is 4.55. The molecule has 0 spiro atoms. The van der Waals surface area contributed by atoms with E-state index in [-0.39, 0.29) is 0 Å². The molecule has 0 bridgehead atoms. The number of halogens is 1. The van der Waals surface area contributed by atoms with Gasteiger partial charge in [-0.15, -0.1) is 5.10 Å². The van der Waals surface area contributed by atoms with Gasteiger partial charge in [-0.05, 0) is 18.6 Å². The quantitative estimate of drug-likeness (QED) is 0.917. The van der Waals surface area contributed by atoms with Gasteiger partial charge in [0.2, 0.25) is 0 Å². The molecule has 1 aromatic carbocycles. The second-order valence-electron chi connectivity index (χ2n) is 4.17. The molecule has 5 nitrogen and oxygen atoms in total. The van der Waals surface area contributed by atoms with Gasteiger partial charge in [-0.2, -0.15) is 0 Å². The smallest absolute Gasteiger partial charge is 0.126 e. The third-order valence-electron chi connectivity index (χ3n) is 2.85. The Morgan fingerprint density at radius 1 is 1.47 bits per heavy atom. The van der Waals surface area contributed by atoms with Crippen LogP contribution in [0.25, 0.3) is 0 Å².